The van der Waals surface area contributed by atoms with E-state index in [4.69, 9.17) is 11.6 Å². The quantitative estimate of drug-likeness (QED) is 0.821. The minimum Gasteiger partial charge on any atom is -0.356 e. The molecule has 1 N–H and O–H groups in total. The molecule has 3 heteroatoms. The number of hydrogen-bond donors (Lipinski definition) is 1. The van der Waals surface area contributed by atoms with Crippen molar-refractivity contribution in [2.24, 2.45) is 5.92 Å². The van der Waals surface area contributed by atoms with Gasteiger partial charge in [0.05, 0.1) is 0 Å². The zero-order valence-electron chi connectivity index (χ0n) is 12.2. The third-order valence-corrected chi connectivity index (χ3v) is 4.59. The smallest absolute Gasteiger partial charge is 0.220 e. The van der Waals surface area contributed by atoms with Crippen LogP contribution in [-0.4, -0.2) is 17.8 Å². The molecule has 0 spiro atoms. The van der Waals surface area contributed by atoms with Crippen LogP contribution in [0.1, 0.15) is 43.2 Å². The second-order valence-corrected chi connectivity index (χ2v) is 6.48. The molecule has 0 aromatic heterocycles. The molecule has 2 unspecified atom stereocenters. The lowest BCUT2D eigenvalue weighted by Crippen LogP contribution is -2.32. The van der Waals surface area contributed by atoms with Crippen molar-refractivity contribution in [1.29, 1.82) is 0 Å². The highest BCUT2D eigenvalue weighted by Crippen LogP contribution is 2.27. The molecular weight excluding hydrogens is 270 g/mol. The summed E-state index contributed by atoms with van der Waals surface area (Å²) in [5, 5.41) is 3.37. The Morgan fingerprint density at radius 3 is 2.90 bits per heavy atom. The highest BCUT2D eigenvalue weighted by atomic mass is 35.5. The summed E-state index contributed by atoms with van der Waals surface area (Å²) in [4.78, 5) is 11.9. The van der Waals surface area contributed by atoms with Gasteiger partial charge in [-0.25, -0.2) is 0 Å². The van der Waals surface area contributed by atoms with Gasteiger partial charge in [0.15, 0.2) is 0 Å². The molecule has 20 heavy (non-hydrogen) atoms. The van der Waals surface area contributed by atoms with Gasteiger partial charge in [0.2, 0.25) is 5.91 Å². The number of benzene rings is 1. The molecule has 0 bridgehead atoms. The van der Waals surface area contributed by atoms with Crippen LogP contribution in [0.2, 0.25) is 0 Å². The maximum absolute atomic E-state index is 11.9. The molecule has 0 radical (unpaired) electrons. The van der Waals surface area contributed by atoms with E-state index >= 15 is 0 Å². The van der Waals surface area contributed by atoms with Gasteiger partial charge in [0.1, 0.15) is 0 Å². The molecule has 1 saturated carbocycles. The minimum absolute atomic E-state index is 0.157. The molecule has 1 fully saturated rings. The van der Waals surface area contributed by atoms with Crippen molar-refractivity contribution in [3.8, 4) is 0 Å². The highest BCUT2D eigenvalue weighted by Gasteiger charge is 2.20. The Kier molecular flexibility index (Phi) is 5.90. The van der Waals surface area contributed by atoms with Crippen molar-refractivity contribution in [3.63, 3.8) is 0 Å². The monoisotopic (exact) mass is 293 g/mol. The average Bonchev–Trinajstić information content (AvgIpc) is 2.44. The normalized spacial score (nSPS) is 22.5. The van der Waals surface area contributed by atoms with Gasteiger partial charge in [-0.2, -0.15) is 0 Å². The molecule has 0 aliphatic heterocycles. The lowest BCUT2D eigenvalue weighted by Gasteiger charge is -2.25. The van der Waals surface area contributed by atoms with E-state index in [1.165, 1.54) is 24.0 Å². The number of carbonyl (C=O) groups is 1. The first kappa shape index (κ1) is 15.4. The molecule has 0 saturated heterocycles. The lowest BCUT2D eigenvalue weighted by molar-refractivity contribution is -0.121. The number of amides is 1. The average molecular weight is 294 g/mol. The predicted molar refractivity (Wildman–Crippen MR) is 84.1 cm³/mol. The van der Waals surface area contributed by atoms with E-state index < -0.39 is 0 Å². The van der Waals surface area contributed by atoms with Crippen molar-refractivity contribution in [3.05, 3.63) is 35.4 Å². The molecule has 1 aromatic carbocycles. The van der Waals surface area contributed by atoms with Gasteiger partial charge in [-0.1, -0.05) is 30.7 Å². The number of alkyl halides is 1. The Hall–Kier alpha value is -1.02. The van der Waals surface area contributed by atoms with E-state index in [0.29, 0.717) is 17.7 Å². The maximum atomic E-state index is 11.9. The van der Waals surface area contributed by atoms with E-state index in [1.54, 1.807) is 0 Å². The first-order chi connectivity index (χ1) is 9.65. The summed E-state index contributed by atoms with van der Waals surface area (Å²) >= 11 is 6.17. The number of halogens is 1. The first-order valence-electron chi connectivity index (χ1n) is 7.60. The molecule has 1 amide bonds. The van der Waals surface area contributed by atoms with Crippen molar-refractivity contribution in [1.82, 2.24) is 5.32 Å². The van der Waals surface area contributed by atoms with Gasteiger partial charge in [-0.05, 0) is 49.7 Å². The Morgan fingerprint density at radius 2 is 2.15 bits per heavy atom. The molecule has 110 valence electrons. The minimum atomic E-state index is 0.157. The number of carbonyl (C=O) groups excluding carboxylic acids is 1. The van der Waals surface area contributed by atoms with Crippen LogP contribution in [0.25, 0.3) is 0 Å². The SMILES string of the molecule is Cc1ccccc1CCC(=O)NCC1CCCC(Cl)C1. The summed E-state index contributed by atoms with van der Waals surface area (Å²) in [6.45, 7) is 2.88. The molecule has 2 atom stereocenters. The van der Waals surface area contributed by atoms with E-state index in [-0.39, 0.29) is 5.91 Å². The van der Waals surface area contributed by atoms with E-state index in [0.717, 1.165) is 25.8 Å². The fourth-order valence-electron chi connectivity index (χ4n) is 2.90. The Bertz CT molecular complexity index is 446. The number of hydrogen-bond acceptors (Lipinski definition) is 1. The summed E-state index contributed by atoms with van der Waals surface area (Å²) in [6, 6.07) is 8.26. The number of rotatable bonds is 5. The third kappa shape index (κ3) is 4.82. The molecular formula is C17H24ClNO. The predicted octanol–water partition coefficient (Wildman–Crippen LogP) is 3.84. The van der Waals surface area contributed by atoms with Crippen LogP contribution < -0.4 is 5.32 Å². The molecule has 2 nitrogen and oxygen atoms in total. The summed E-state index contributed by atoms with van der Waals surface area (Å²) in [5.41, 5.74) is 2.53. The summed E-state index contributed by atoms with van der Waals surface area (Å²) in [5.74, 6) is 0.721. The van der Waals surface area contributed by atoms with Crippen LogP contribution in [0.5, 0.6) is 0 Å². The Labute approximate surface area is 126 Å². The van der Waals surface area contributed by atoms with Gasteiger partial charge in [0, 0.05) is 18.3 Å². The fourth-order valence-corrected chi connectivity index (χ4v) is 3.30. The van der Waals surface area contributed by atoms with Crippen LogP contribution in [0.3, 0.4) is 0 Å². The van der Waals surface area contributed by atoms with Crippen molar-refractivity contribution >= 4 is 17.5 Å². The van der Waals surface area contributed by atoms with Gasteiger partial charge in [-0.3, -0.25) is 4.79 Å². The molecule has 1 aliphatic carbocycles. The van der Waals surface area contributed by atoms with Crippen molar-refractivity contribution in [2.75, 3.05) is 6.54 Å². The topological polar surface area (TPSA) is 29.1 Å². The zero-order chi connectivity index (χ0) is 14.4. The Balaban J connectivity index is 1.69. The van der Waals surface area contributed by atoms with Crippen LogP contribution in [-0.2, 0) is 11.2 Å². The Morgan fingerprint density at radius 1 is 1.35 bits per heavy atom. The van der Waals surface area contributed by atoms with Crippen molar-refractivity contribution < 1.29 is 4.79 Å². The number of aryl methyl sites for hydroxylation is 2. The molecule has 0 heterocycles. The highest BCUT2D eigenvalue weighted by molar-refractivity contribution is 6.20. The van der Waals surface area contributed by atoms with Gasteiger partial charge in [0.25, 0.3) is 0 Å². The molecule has 1 aliphatic rings. The summed E-state index contributed by atoms with van der Waals surface area (Å²) < 4.78 is 0. The van der Waals surface area contributed by atoms with Crippen LogP contribution >= 0.6 is 11.6 Å². The lowest BCUT2D eigenvalue weighted by atomic mass is 9.89. The molecule has 2 rings (SSSR count). The van der Waals surface area contributed by atoms with Gasteiger partial charge < -0.3 is 5.32 Å². The van der Waals surface area contributed by atoms with Gasteiger partial charge in [-0.15, -0.1) is 11.6 Å². The second-order valence-electron chi connectivity index (χ2n) is 5.86. The molecule has 1 aromatic rings. The van der Waals surface area contributed by atoms with E-state index in [9.17, 15) is 4.79 Å². The maximum Gasteiger partial charge on any atom is 0.220 e. The van der Waals surface area contributed by atoms with Crippen LogP contribution in [0, 0.1) is 12.8 Å². The summed E-state index contributed by atoms with van der Waals surface area (Å²) in [7, 11) is 0. The largest absolute Gasteiger partial charge is 0.356 e. The first-order valence-corrected chi connectivity index (χ1v) is 8.04. The third-order valence-electron chi connectivity index (χ3n) is 4.19. The van der Waals surface area contributed by atoms with E-state index in [2.05, 4.69) is 24.4 Å². The second kappa shape index (κ2) is 7.68. The summed E-state index contributed by atoms with van der Waals surface area (Å²) in [6.07, 6.45) is 5.95. The fraction of sp³-hybridized carbons (Fsp3) is 0.588. The van der Waals surface area contributed by atoms with Gasteiger partial charge >= 0.3 is 0 Å². The van der Waals surface area contributed by atoms with Crippen molar-refractivity contribution in [2.45, 2.75) is 50.8 Å². The van der Waals surface area contributed by atoms with Crippen LogP contribution in [0.15, 0.2) is 24.3 Å². The van der Waals surface area contributed by atoms with E-state index in [1.807, 2.05) is 12.1 Å². The standard InChI is InChI=1S/C17H24ClNO/c1-13-5-2-3-7-15(13)9-10-17(20)19-12-14-6-4-8-16(18)11-14/h2-3,5,7,14,16H,4,6,8-12H2,1H3,(H,19,20). The number of nitrogens with one attached hydrogen (secondary N) is 1. The zero-order valence-corrected chi connectivity index (χ0v) is 13.0. The van der Waals surface area contributed by atoms with Crippen LogP contribution in [0.4, 0.5) is 0 Å².